The van der Waals surface area contributed by atoms with E-state index >= 15 is 0 Å². The maximum Gasteiger partial charge on any atom is 0.257 e. The Balaban J connectivity index is 2.26. The van der Waals surface area contributed by atoms with E-state index in [0.29, 0.717) is 23.7 Å². The number of piperazine rings is 1. The maximum atomic E-state index is 12.6. The van der Waals surface area contributed by atoms with Gasteiger partial charge in [0.1, 0.15) is 0 Å². The molecule has 1 aromatic carbocycles. The van der Waals surface area contributed by atoms with Crippen LogP contribution >= 0.6 is 0 Å². The molecule has 0 radical (unpaired) electrons. The molecule has 1 N–H and O–H groups in total. The molecule has 5 heteroatoms. The van der Waals surface area contributed by atoms with E-state index in [2.05, 4.69) is 5.32 Å². The number of para-hydroxylation sites is 1. The monoisotopic (exact) mass is 278 g/mol. The van der Waals surface area contributed by atoms with Crippen molar-refractivity contribution in [2.45, 2.75) is 13.3 Å². The van der Waals surface area contributed by atoms with Crippen molar-refractivity contribution < 1.29 is 14.3 Å². The standard InChI is InChI=1S/C15H22N2O3/c1-3-11-20-14-12(5-4-6-13(14)19-2)15(18)17-9-7-16-8-10-17/h4-6,16H,3,7-11H2,1-2H3. The fourth-order valence-corrected chi connectivity index (χ4v) is 2.24. The third kappa shape index (κ3) is 3.22. The molecule has 110 valence electrons. The highest BCUT2D eigenvalue weighted by Gasteiger charge is 2.23. The predicted octanol–water partition coefficient (Wildman–Crippen LogP) is 1.53. The summed E-state index contributed by atoms with van der Waals surface area (Å²) in [5.41, 5.74) is 0.583. The molecule has 1 aliphatic rings. The van der Waals surface area contributed by atoms with Gasteiger partial charge in [-0.2, -0.15) is 0 Å². The fraction of sp³-hybridized carbons (Fsp3) is 0.533. The first-order valence-electron chi connectivity index (χ1n) is 7.07. The molecule has 0 saturated carbocycles. The highest BCUT2D eigenvalue weighted by atomic mass is 16.5. The Morgan fingerprint density at radius 2 is 2.10 bits per heavy atom. The molecule has 0 bridgehead atoms. The van der Waals surface area contributed by atoms with Crippen LogP contribution in [0.3, 0.4) is 0 Å². The molecule has 1 aromatic rings. The van der Waals surface area contributed by atoms with Crippen LogP contribution < -0.4 is 14.8 Å². The molecule has 20 heavy (non-hydrogen) atoms. The zero-order valence-corrected chi connectivity index (χ0v) is 12.1. The lowest BCUT2D eigenvalue weighted by molar-refractivity contribution is 0.0730. The van der Waals surface area contributed by atoms with E-state index in [1.807, 2.05) is 24.0 Å². The SMILES string of the molecule is CCCOc1c(OC)cccc1C(=O)N1CCNCC1. The first-order valence-corrected chi connectivity index (χ1v) is 7.07. The van der Waals surface area contributed by atoms with Crippen LogP contribution in [0.1, 0.15) is 23.7 Å². The molecule has 1 heterocycles. The molecule has 0 aromatic heterocycles. The zero-order valence-electron chi connectivity index (χ0n) is 12.1. The average molecular weight is 278 g/mol. The molecule has 1 saturated heterocycles. The summed E-state index contributed by atoms with van der Waals surface area (Å²) >= 11 is 0. The van der Waals surface area contributed by atoms with Crippen molar-refractivity contribution in [3.05, 3.63) is 23.8 Å². The summed E-state index contributed by atoms with van der Waals surface area (Å²) in [7, 11) is 1.59. The second kappa shape index (κ2) is 7.14. The number of carbonyl (C=O) groups excluding carboxylic acids is 1. The minimum Gasteiger partial charge on any atom is -0.493 e. The van der Waals surface area contributed by atoms with Crippen LogP contribution in [0.25, 0.3) is 0 Å². The van der Waals surface area contributed by atoms with E-state index in [4.69, 9.17) is 9.47 Å². The molecule has 1 fully saturated rings. The van der Waals surface area contributed by atoms with E-state index in [1.165, 1.54) is 0 Å². The highest BCUT2D eigenvalue weighted by Crippen LogP contribution is 2.32. The van der Waals surface area contributed by atoms with Gasteiger partial charge in [0.2, 0.25) is 0 Å². The number of rotatable bonds is 5. The lowest BCUT2D eigenvalue weighted by atomic mass is 10.1. The normalized spacial score (nSPS) is 15.0. The van der Waals surface area contributed by atoms with Gasteiger partial charge >= 0.3 is 0 Å². The summed E-state index contributed by atoms with van der Waals surface area (Å²) in [6.45, 7) is 5.73. The number of amides is 1. The van der Waals surface area contributed by atoms with Crippen LogP contribution in [-0.2, 0) is 0 Å². The highest BCUT2D eigenvalue weighted by molar-refractivity contribution is 5.97. The molecule has 1 aliphatic heterocycles. The van der Waals surface area contributed by atoms with Gasteiger partial charge in [0, 0.05) is 26.2 Å². The number of nitrogens with zero attached hydrogens (tertiary/aromatic N) is 1. The molecule has 0 spiro atoms. The van der Waals surface area contributed by atoms with Gasteiger partial charge in [-0.25, -0.2) is 0 Å². The Bertz CT molecular complexity index is 456. The summed E-state index contributed by atoms with van der Waals surface area (Å²) in [5.74, 6) is 1.18. The van der Waals surface area contributed by atoms with Crippen molar-refractivity contribution >= 4 is 5.91 Å². The number of methoxy groups -OCH3 is 1. The van der Waals surface area contributed by atoms with Crippen LogP contribution in [0.2, 0.25) is 0 Å². The van der Waals surface area contributed by atoms with Crippen LogP contribution in [0.4, 0.5) is 0 Å². The largest absolute Gasteiger partial charge is 0.493 e. The van der Waals surface area contributed by atoms with E-state index in [0.717, 1.165) is 32.6 Å². The van der Waals surface area contributed by atoms with Gasteiger partial charge in [0.15, 0.2) is 11.5 Å². The van der Waals surface area contributed by atoms with Gasteiger partial charge in [0.05, 0.1) is 19.3 Å². The van der Waals surface area contributed by atoms with Crippen molar-refractivity contribution in [2.24, 2.45) is 0 Å². The number of hydrogen-bond acceptors (Lipinski definition) is 4. The first-order chi connectivity index (χ1) is 9.77. The third-order valence-corrected chi connectivity index (χ3v) is 3.28. The Labute approximate surface area is 119 Å². The quantitative estimate of drug-likeness (QED) is 0.887. The molecular formula is C15H22N2O3. The van der Waals surface area contributed by atoms with Gasteiger partial charge in [-0.3, -0.25) is 4.79 Å². The van der Waals surface area contributed by atoms with Gasteiger partial charge in [-0.05, 0) is 18.6 Å². The molecule has 1 amide bonds. The van der Waals surface area contributed by atoms with Gasteiger partial charge in [0.25, 0.3) is 5.91 Å². The third-order valence-electron chi connectivity index (χ3n) is 3.28. The number of carbonyl (C=O) groups is 1. The summed E-state index contributed by atoms with van der Waals surface area (Å²) in [6, 6.07) is 5.45. The van der Waals surface area contributed by atoms with Crippen molar-refractivity contribution in [2.75, 3.05) is 39.9 Å². The lowest BCUT2D eigenvalue weighted by Crippen LogP contribution is -2.46. The Morgan fingerprint density at radius 3 is 2.75 bits per heavy atom. The van der Waals surface area contributed by atoms with E-state index < -0.39 is 0 Å². The molecule has 0 unspecified atom stereocenters. The zero-order chi connectivity index (χ0) is 14.4. The van der Waals surface area contributed by atoms with Gasteiger partial charge in [-0.15, -0.1) is 0 Å². The minimum absolute atomic E-state index is 0.0107. The molecule has 5 nitrogen and oxygen atoms in total. The smallest absolute Gasteiger partial charge is 0.257 e. The molecule has 2 rings (SSSR count). The molecule has 0 aliphatic carbocycles. The number of ether oxygens (including phenoxy) is 2. The summed E-state index contributed by atoms with van der Waals surface area (Å²) in [5, 5.41) is 3.24. The van der Waals surface area contributed by atoms with Gasteiger partial charge < -0.3 is 19.7 Å². The van der Waals surface area contributed by atoms with Crippen LogP contribution in [-0.4, -0.2) is 50.7 Å². The Kier molecular flexibility index (Phi) is 5.24. The van der Waals surface area contributed by atoms with Crippen molar-refractivity contribution in [3.8, 4) is 11.5 Å². The molecular weight excluding hydrogens is 256 g/mol. The van der Waals surface area contributed by atoms with Crippen molar-refractivity contribution in [1.82, 2.24) is 10.2 Å². The Morgan fingerprint density at radius 1 is 1.35 bits per heavy atom. The Hall–Kier alpha value is -1.75. The summed E-state index contributed by atoms with van der Waals surface area (Å²) in [4.78, 5) is 14.5. The van der Waals surface area contributed by atoms with E-state index in [1.54, 1.807) is 13.2 Å². The fourth-order valence-electron chi connectivity index (χ4n) is 2.24. The second-order valence-corrected chi connectivity index (χ2v) is 4.73. The van der Waals surface area contributed by atoms with Crippen LogP contribution in [0.5, 0.6) is 11.5 Å². The number of hydrogen-bond donors (Lipinski definition) is 1. The van der Waals surface area contributed by atoms with Crippen LogP contribution in [0, 0.1) is 0 Å². The number of benzene rings is 1. The topological polar surface area (TPSA) is 50.8 Å². The minimum atomic E-state index is 0.0107. The average Bonchev–Trinajstić information content (AvgIpc) is 2.52. The summed E-state index contributed by atoms with van der Waals surface area (Å²) in [6.07, 6.45) is 0.888. The maximum absolute atomic E-state index is 12.6. The van der Waals surface area contributed by atoms with Gasteiger partial charge in [-0.1, -0.05) is 13.0 Å². The van der Waals surface area contributed by atoms with E-state index in [9.17, 15) is 4.79 Å². The first kappa shape index (κ1) is 14.7. The predicted molar refractivity (Wildman–Crippen MR) is 77.6 cm³/mol. The van der Waals surface area contributed by atoms with Crippen molar-refractivity contribution in [3.63, 3.8) is 0 Å². The number of nitrogens with one attached hydrogen (secondary N) is 1. The van der Waals surface area contributed by atoms with E-state index in [-0.39, 0.29) is 5.91 Å². The van der Waals surface area contributed by atoms with Crippen molar-refractivity contribution in [1.29, 1.82) is 0 Å². The second-order valence-electron chi connectivity index (χ2n) is 4.73. The van der Waals surface area contributed by atoms with Crippen LogP contribution in [0.15, 0.2) is 18.2 Å². The molecule has 0 atom stereocenters. The lowest BCUT2D eigenvalue weighted by Gasteiger charge is -2.28. The summed E-state index contributed by atoms with van der Waals surface area (Å²) < 4.78 is 11.0.